The molecule has 1 aliphatic rings. The quantitative estimate of drug-likeness (QED) is 0.854. The second-order valence-corrected chi connectivity index (χ2v) is 4.84. The van der Waals surface area contributed by atoms with Crippen LogP contribution >= 0.6 is 11.6 Å². The van der Waals surface area contributed by atoms with Crippen LogP contribution in [0.4, 0.5) is 0 Å². The van der Waals surface area contributed by atoms with Gasteiger partial charge < -0.3 is 10.1 Å². The van der Waals surface area contributed by atoms with Crippen LogP contribution in [-0.4, -0.2) is 18.7 Å². The number of hydrogen-bond acceptors (Lipinski definition) is 2. The fourth-order valence-corrected chi connectivity index (χ4v) is 1.89. The third-order valence-corrected chi connectivity index (χ3v) is 3.13. The van der Waals surface area contributed by atoms with Gasteiger partial charge in [-0.25, -0.2) is 0 Å². The van der Waals surface area contributed by atoms with Crippen molar-refractivity contribution < 1.29 is 4.74 Å². The molecule has 1 heterocycles. The maximum Gasteiger partial charge on any atom is 0.0906 e. The lowest BCUT2D eigenvalue weighted by Gasteiger charge is -2.39. The molecule has 2 rings (SSSR count). The van der Waals surface area contributed by atoms with E-state index in [0.29, 0.717) is 6.61 Å². The Morgan fingerprint density at radius 3 is 2.73 bits per heavy atom. The van der Waals surface area contributed by atoms with Crippen molar-refractivity contribution in [2.75, 3.05) is 13.1 Å². The second kappa shape index (κ2) is 4.12. The van der Waals surface area contributed by atoms with E-state index >= 15 is 0 Å². The van der Waals surface area contributed by atoms with Crippen LogP contribution in [0.5, 0.6) is 0 Å². The first-order chi connectivity index (χ1) is 7.09. The highest BCUT2D eigenvalue weighted by Gasteiger charge is 2.32. The molecule has 0 radical (unpaired) electrons. The molecule has 1 fully saturated rings. The van der Waals surface area contributed by atoms with Gasteiger partial charge in [-0.3, -0.25) is 0 Å². The van der Waals surface area contributed by atoms with Crippen molar-refractivity contribution in [1.29, 1.82) is 0 Å². The molecule has 15 heavy (non-hydrogen) atoms. The number of ether oxygens (including phenoxy) is 1. The zero-order chi connectivity index (χ0) is 10.9. The lowest BCUT2D eigenvalue weighted by atomic mass is 10.00. The average molecular weight is 226 g/mol. The molecule has 1 aliphatic heterocycles. The lowest BCUT2D eigenvalue weighted by Crippen LogP contribution is -2.58. The fourth-order valence-electron chi connectivity index (χ4n) is 1.60. The third-order valence-electron chi connectivity index (χ3n) is 2.78. The fraction of sp³-hybridized carbons (Fsp3) is 0.500. The van der Waals surface area contributed by atoms with Crippen molar-refractivity contribution in [2.45, 2.75) is 26.1 Å². The summed E-state index contributed by atoms with van der Waals surface area (Å²) in [5.41, 5.74) is 2.24. The zero-order valence-corrected chi connectivity index (χ0v) is 9.90. The monoisotopic (exact) mass is 225 g/mol. The molecule has 2 nitrogen and oxygen atoms in total. The standard InChI is InChI=1S/C12H16ClNO/c1-9-3-4-10(11(13)5-9)6-15-12(2)7-14-8-12/h3-5,14H,6-8H2,1-2H3. The topological polar surface area (TPSA) is 21.3 Å². The molecular weight excluding hydrogens is 210 g/mol. The van der Waals surface area contributed by atoms with Crippen molar-refractivity contribution in [3.8, 4) is 0 Å². The van der Waals surface area contributed by atoms with Crippen LogP contribution in [0.2, 0.25) is 5.02 Å². The number of benzene rings is 1. The molecule has 3 heteroatoms. The lowest BCUT2D eigenvalue weighted by molar-refractivity contribution is -0.0767. The molecule has 1 aromatic rings. The molecule has 0 unspecified atom stereocenters. The van der Waals surface area contributed by atoms with E-state index in [2.05, 4.69) is 18.3 Å². The van der Waals surface area contributed by atoms with Gasteiger partial charge in [-0.1, -0.05) is 23.7 Å². The van der Waals surface area contributed by atoms with Gasteiger partial charge in [0.2, 0.25) is 0 Å². The van der Waals surface area contributed by atoms with Crippen molar-refractivity contribution in [3.63, 3.8) is 0 Å². The van der Waals surface area contributed by atoms with Gasteiger partial charge in [0.15, 0.2) is 0 Å². The van der Waals surface area contributed by atoms with E-state index in [1.165, 1.54) is 5.56 Å². The summed E-state index contributed by atoms with van der Waals surface area (Å²) in [6, 6.07) is 6.07. The molecule has 0 amide bonds. The molecule has 82 valence electrons. The van der Waals surface area contributed by atoms with Crippen LogP contribution in [0.15, 0.2) is 18.2 Å². The molecule has 0 saturated carbocycles. The molecule has 0 atom stereocenters. The van der Waals surface area contributed by atoms with E-state index in [1.807, 2.05) is 19.1 Å². The minimum absolute atomic E-state index is 0.00574. The first-order valence-corrected chi connectivity index (χ1v) is 5.57. The van der Waals surface area contributed by atoms with Crippen LogP contribution in [0.25, 0.3) is 0 Å². The van der Waals surface area contributed by atoms with E-state index in [4.69, 9.17) is 16.3 Å². The number of rotatable bonds is 3. The molecule has 0 bridgehead atoms. The molecule has 1 saturated heterocycles. The normalized spacial score (nSPS) is 18.6. The van der Waals surface area contributed by atoms with Crippen LogP contribution in [0, 0.1) is 6.92 Å². The smallest absolute Gasteiger partial charge is 0.0906 e. The predicted molar refractivity (Wildman–Crippen MR) is 62.3 cm³/mol. The van der Waals surface area contributed by atoms with Crippen LogP contribution < -0.4 is 5.32 Å². The van der Waals surface area contributed by atoms with Gasteiger partial charge in [0.05, 0.1) is 12.2 Å². The Hall–Kier alpha value is -0.570. The van der Waals surface area contributed by atoms with Crippen molar-refractivity contribution in [2.24, 2.45) is 0 Å². The van der Waals surface area contributed by atoms with E-state index in [1.54, 1.807) is 0 Å². The first kappa shape index (κ1) is 10.9. The van der Waals surface area contributed by atoms with E-state index in [9.17, 15) is 0 Å². The summed E-state index contributed by atoms with van der Waals surface area (Å²) in [6.45, 7) is 6.60. The van der Waals surface area contributed by atoms with Crippen molar-refractivity contribution >= 4 is 11.6 Å². The van der Waals surface area contributed by atoms with Gasteiger partial charge in [0, 0.05) is 18.1 Å². The number of aryl methyl sites for hydroxylation is 1. The maximum absolute atomic E-state index is 6.12. The number of halogens is 1. The average Bonchev–Trinajstić information content (AvgIpc) is 2.14. The Labute approximate surface area is 95.6 Å². The van der Waals surface area contributed by atoms with Gasteiger partial charge in [-0.15, -0.1) is 0 Å². The molecule has 0 spiro atoms. The second-order valence-electron chi connectivity index (χ2n) is 4.44. The number of hydrogen-bond donors (Lipinski definition) is 1. The third kappa shape index (κ3) is 2.51. The molecule has 1 N–H and O–H groups in total. The maximum atomic E-state index is 6.12. The summed E-state index contributed by atoms with van der Waals surface area (Å²) in [5.74, 6) is 0. The molecule has 0 aromatic heterocycles. The van der Waals surface area contributed by atoms with E-state index in [0.717, 1.165) is 23.7 Å². The Morgan fingerprint density at radius 2 is 2.20 bits per heavy atom. The van der Waals surface area contributed by atoms with E-state index < -0.39 is 0 Å². The van der Waals surface area contributed by atoms with Gasteiger partial charge in [-0.2, -0.15) is 0 Å². The summed E-state index contributed by atoms with van der Waals surface area (Å²) in [7, 11) is 0. The molecule has 1 aromatic carbocycles. The largest absolute Gasteiger partial charge is 0.368 e. The minimum atomic E-state index is -0.00574. The van der Waals surface area contributed by atoms with Gasteiger partial charge in [-0.05, 0) is 31.0 Å². The highest BCUT2D eigenvalue weighted by molar-refractivity contribution is 6.31. The van der Waals surface area contributed by atoms with Crippen LogP contribution in [0.3, 0.4) is 0 Å². The van der Waals surface area contributed by atoms with Gasteiger partial charge in [0.25, 0.3) is 0 Å². The van der Waals surface area contributed by atoms with Gasteiger partial charge >= 0.3 is 0 Å². The van der Waals surface area contributed by atoms with Crippen LogP contribution in [-0.2, 0) is 11.3 Å². The van der Waals surface area contributed by atoms with Crippen molar-refractivity contribution in [1.82, 2.24) is 5.32 Å². The zero-order valence-electron chi connectivity index (χ0n) is 9.14. The first-order valence-electron chi connectivity index (χ1n) is 5.19. The Balaban J connectivity index is 1.98. The molecular formula is C12H16ClNO. The van der Waals surface area contributed by atoms with E-state index in [-0.39, 0.29) is 5.60 Å². The SMILES string of the molecule is Cc1ccc(COC2(C)CNC2)c(Cl)c1. The van der Waals surface area contributed by atoms with Crippen LogP contribution in [0.1, 0.15) is 18.1 Å². The Bertz CT molecular complexity index is 361. The summed E-state index contributed by atoms with van der Waals surface area (Å²) in [5, 5.41) is 4.00. The Kier molecular flexibility index (Phi) is 3.01. The van der Waals surface area contributed by atoms with Crippen molar-refractivity contribution in [3.05, 3.63) is 34.3 Å². The Morgan fingerprint density at radius 1 is 1.47 bits per heavy atom. The summed E-state index contributed by atoms with van der Waals surface area (Å²) in [6.07, 6.45) is 0. The highest BCUT2D eigenvalue weighted by atomic mass is 35.5. The van der Waals surface area contributed by atoms with Gasteiger partial charge in [0.1, 0.15) is 0 Å². The molecule has 0 aliphatic carbocycles. The summed E-state index contributed by atoms with van der Waals surface area (Å²) < 4.78 is 5.83. The number of nitrogens with one attached hydrogen (secondary N) is 1. The minimum Gasteiger partial charge on any atom is -0.368 e. The highest BCUT2D eigenvalue weighted by Crippen LogP contribution is 2.22. The predicted octanol–water partition coefficient (Wildman–Crippen LogP) is 2.53. The summed E-state index contributed by atoms with van der Waals surface area (Å²) in [4.78, 5) is 0. The summed E-state index contributed by atoms with van der Waals surface area (Å²) >= 11 is 6.12.